The highest BCUT2D eigenvalue weighted by atomic mass is 16.5. The molecule has 182 valence electrons. The Labute approximate surface area is 203 Å². The number of carbonyl (C=O) groups is 3. The molecule has 2 aromatic carbocycles. The molecule has 0 spiro atoms. The lowest BCUT2D eigenvalue weighted by Crippen LogP contribution is -2.48. The SMILES string of the molecule is CCC(C)[C@H](NC(=O)OCC1c2ccccc2-c2ccccc21)C(=O)Nc1cnn(C)c1C(=O)O. The molecule has 0 fully saturated rings. The van der Waals surface area contributed by atoms with E-state index >= 15 is 0 Å². The summed E-state index contributed by atoms with van der Waals surface area (Å²) in [5, 5.41) is 18.5. The molecule has 0 aliphatic heterocycles. The van der Waals surface area contributed by atoms with Gasteiger partial charge in [0.1, 0.15) is 12.6 Å². The van der Waals surface area contributed by atoms with E-state index < -0.39 is 24.0 Å². The fraction of sp³-hybridized carbons (Fsp3) is 0.308. The summed E-state index contributed by atoms with van der Waals surface area (Å²) < 4.78 is 6.75. The number of nitrogens with zero attached hydrogens (tertiary/aromatic N) is 2. The summed E-state index contributed by atoms with van der Waals surface area (Å²) >= 11 is 0. The molecular formula is C26H28N4O5. The highest BCUT2D eigenvalue weighted by Gasteiger charge is 2.31. The Balaban J connectivity index is 1.45. The maximum Gasteiger partial charge on any atom is 0.407 e. The van der Waals surface area contributed by atoms with E-state index in [9.17, 15) is 19.5 Å². The standard InChI is InChI=1S/C26H28N4O5/c1-4-15(2)22(24(31)28-21-13-27-30(3)23(21)25(32)33)29-26(34)35-14-20-18-11-7-5-9-16(18)17-10-6-8-12-19(17)20/h5-13,15,20,22H,4,14H2,1-3H3,(H,28,31)(H,29,34)(H,32,33)/t15?,22-/m0/s1. The third-order valence-corrected chi connectivity index (χ3v) is 6.51. The number of nitrogens with one attached hydrogen (secondary N) is 2. The normalized spacial score (nSPS) is 13.9. The number of aryl methyl sites for hydroxylation is 1. The summed E-state index contributed by atoms with van der Waals surface area (Å²) in [7, 11) is 1.47. The molecule has 3 aromatic rings. The van der Waals surface area contributed by atoms with Crippen LogP contribution in [0.15, 0.2) is 54.7 Å². The zero-order valence-corrected chi connectivity index (χ0v) is 19.8. The first kappa shape index (κ1) is 24.0. The molecule has 0 saturated carbocycles. The first-order chi connectivity index (χ1) is 16.8. The number of aromatic nitrogens is 2. The molecule has 1 aliphatic carbocycles. The van der Waals surface area contributed by atoms with Gasteiger partial charge in [0.2, 0.25) is 5.91 Å². The lowest BCUT2D eigenvalue weighted by atomic mass is 9.98. The van der Waals surface area contributed by atoms with Crippen LogP contribution < -0.4 is 10.6 Å². The Morgan fingerprint density at radius 1 is 1.09 bits per heavy atom. The minimum absolute atomic E-state index is 0.0626. The molecule has 1 heterocycles. The number of rotatable bonds is 8. The highest BCUT2D eigenvalue weighted by molar-refractivity contribution is 6.02. The van der Waals surface area contributed by atoms with E-state index in [0.717, 1.165) is 26.9 Å². The number of ether oxygens (including phenoxy) is 1. The third-order valence-electron chi connectivity index (χ3n) is 6.51. The second kappa shape index (κ2) is 10.0. The Morgan fingerprint density at radius 2 is 1.69 bits per heavy atom. The largest absolute Gasteiger partial charge is 0.476 e. The number of alkyl carbamates (subject to hydrolysis) is 1. The molecule has 1 unspecified atom stereocenters. The number of amides is 2. The molecule has 2 amide bonds. The Hall–Kier alpha value is -4.14. The Morgan fingerprint density at radius 3 is 2.26 bits per heavy atom. The van der Waals surface area contributed by atoms with Crippen LogP contribution in [0.5, 0.6) is 0 Å². The smallest absolute Gasteiger partial charge is 0.407 e. The van der Waals surface area contributed by atoms with Crippen LogP contribution in [0.1, 0.15) is 47.8 Å². The average molecular weight is 477 g/mol. The molecule has 4 rings (SSSR count). The monoisotopic (exact) mass is 476 g/mol. The van der Waals surface area contributed by atoms with Gasteiger partial charge in [-0.05, 0) is 28.2 Å². The first-order valence-corrected chi connectivity index (χ1v) is 11.5. The van der Waals surface area contributed by atoms with Gasteiger partial charge in [-0.1, -0.05) is 68.8 Å². The van der Waals surface area contributed by atoms with Gasteiger partial charge in [0, 0.05) is 13.0 Å². The Bertz CT molecular complexity index is 1220. The van der Waals surface area contributed by atoms with E-state index in [1.807, 2.05) is 50.2 Å². The van der Waals surface area contributed by atoms with Gasteiger partial charge in [-0.15, -0.1) is 0 Å². The van der Waals surface area contributed by atoms with Crippen molar-refractivity contribution < 1.29 is 24.2 Å². The lowest BCUT2D eigenvalue weighted by molar-refractivity contribution is -0.119. The maximum atomic E-state index is 13.0. The van der Waals surface area contributed by atoms with Crippen molar-refractivity contribution in [2.24, 2.45) is 13.0 Å². The fourth-order valence-electron chi connectivity index (χ4n) is 4.46. The number of carboxylic acids is 1. The van der Waals surface area contributed by atoms with Gasteiger partial charge in [0.25, 0.3) is 0 Å². The predicted octanol–water partition coefficient (Wildman–Crippen LogP) is 4.01. The number of benzene rings is 2. The van der Waals surface area contributed by atoms with Crippen LogP contribution in [-0.4, -0.2) is 45.5 Å². The summed E-state index contributed by atoms with van der Waals surface area (Å²) in [4.78, 5) is 37.3. The molecule has 3 N–H and O–H groups in total. The number of fused-ring (bicyclic) bond motifs is 3. The van der Waals surface area contributed by atoms with Gasteiger partial charge in [-0.3, -0.25) is 9.48 Å². The summed E-state index contributed by atoms with van der Waals surface area (Å²) in [5.41, 5.74) is 4.35. The number of carboxylic acid groups (broad SMARTS) is 1. The summed E-state index contributed by atoms with van der Waals surface area (Å²) in [6, 6.07) is 15.2. The zero-order chi connectivity index (χ0) is 25.1. The topological polar surface area (TPSA) is 123 Å². The molecule has 1 aromatic heterocycles. The third kappa shape index (κ3) is 4.75. The summed E-state index contributed by atoms with van der Waals surface area (Å²) in [6.07, 6.45) is 1.17. The lowest BCUT2D eigenvalue weighted by Gasteiger charge is -2.23. The van der Waals surface area contributed by atoms with Gasteiger partial charge in [-0.2, -0.15) is 5.10 Å². The predicted molar refractivity (Wildman–Crippen MR) is 130 cm³/mol. The van der Waals surface area contributed by atoms with Crippen LogP contribution in [0, 0.1) is 5.92 Å². The van der Waals surface area contributed by atoms with Gasteiger partial charge >= 0.3 is 12.1 Å². The number of anilines is 1. The van der Waals surface area contributed by atoms with Crippen LogP contribution in [0.3, 0.4) is 0 Å². The zero-order valence-electron chi connectivity index (χ0n) is 19.8. The van der Waals surface area contributed by atoms with E-state index in [1.54, 1.807) is 0 Å². The fourth-order valence-corrected chi connectivity index (χ4v) is 4.46. The van der Waals surface area contributed by atoms with Crippen LogP contribution >= 0.6 is 0 Å². The van der Waals surface area contributed by atoms with Crippen molar-refractivity contribution >= 4 is 23.7 Å². The highest BCUT2D eigenvalue weighted by Crippen LogP contribution is 2.44. The van der Waals surface area contributed by atoms with Crippen molar-refractivity contribution in [2.75, 3.05) is 11.9 Å². The van der Waals surface area contributed by atoms with Gasteiger partial charge in [0.05, 0.1) is 11.9 Å². The number of hydrogen-bond donors (Lipinski definition) is 3. The minimum atomic E-state index is -1.22. The van der Waals surface area contributed by atoms with Crippen molar-refractivity contribution in [2.45, 2.75) is 32.2 Å². The summed E-state index contributed by atoms with van der Waals surface area (Å²) in [5.74, 6) is -2.08. The van der Waals surface area contributed by atoms with Gasteiger partial charge in [0.15, 0.2) is 5.69 Å². The quantitative estimate of drug-likeness (QED) is 0.452. The van der Waals surface area contributed by atoms with Crippen LogP contribution in [0.25, 0.3) is 11.1 Å². The molecule has 9 nitrogen and oxygen atoms in total. The second-order valence-electron chi connectivity index (χ2n) is 8.66. The molecule has 1 aliphatic rings. The summed E-state index contributed by atoms with van der Waals surface area (Å²) in [6.45, 7) is 3.85. The molecule has 0 saturated heterocycles. The first-order valence-electron chi connectivity index (χ1n) is 11.5. The van der Waals surface area contributed by atoms with Crippen LogP contribution in [0.2, 0.25) is 0 Å². The van der Waals surface area contributed by atoms with E-state index in [2.05, 4.69) is 27.9 Å². The van der Waals surface area contributed by atoms with Crippen molar-refractivity contribution in [3.63, 3.8) is 0 Å². The molecule has 0 bridgehead atoms. The van der Waals surface area contributed by atoms with Crippen LogP contribution in [-0.2, 0) is 16.6 Å². The maximum absolute atomic E-state index is 13.0. The molecule has 0 radical (unpaired) electrons. The number of aromatic carboxylic acids is 1. The van der Waals surface area contributed by atoms with Crippen LogP contribution in [0.4, 0.5) is 10.5 Å². The van der Waals surface area contributed by atoms with Crippen molar-refractivity contribution in [1.82, 2.24) is 15.1 Å². The van der Waals surface area contributed by atoms with Crippen molar-refractivity contribution in [1.29, 1.82) is 0 Å². The Kier molecular flexibility index (Phi) is 6.86. The number of carbonyl (C=O) groups excluding carboxylic acids is 2. The van der Waals surface area contributed by atoms with Gasteiger partial charge < -0.3 is 20.5 Å². The van der Waals surface area contributed by atoms with Gasteiger partial charge in [-0.25, -0.2) is 9.59 Å². The molecule has 2 atom stereocenters. The molecular weight excluding hydrogens is 448 g/mol. The van der Waals surface area contributed by atoms with Crippen molar-refractivity contribution in [3.05, 3.63) is 71.5 Å². The van der Waals surface area contributed by atoms with E-state index in [4.69, 9.17) is 4.74 Å². The van der Waals surface area contributed by atoms with E-state index in [1.165, 1.54) is 13.2 Å². The van der Waals surface area contributed by atoms with E-state index in [-0.39, 0.29) is 29.8 Å². The number of hydrogen-bond acceptors (Lipinski definition) is 5. The average Bonchev–Trinajstić information content (AvgIpc) is 3.38. The van der Waals surface area contributed by atoms with E-state index in [0.29, 0.717) is 6.42 Å². The molecule has 35 heavy (non-hydrogen) atoms. The molecule has 9 heteroatoms. The van der Waals surface area contributed by atoms with Crippen molar-refractivity contribution in [3.8, 4) is 11.1 Å². The minimum Gasteiger partial charge on any atom is -0.476 e. The second-order valence-corrected chi connectivity index (χ2v) is 8.66.